The molecule has 0 saturated heterocycles. The van der Waals surface area contributed by atoms with E-state index < -0.39 is 5.97 Å². The van der Waals surface area contributed by atoms with E-state index in [1.54, 1.807) is 29.5 Å². The first-order chi connectivity index (χ1) is 7.75. The number of carboxylic acids is 1. The maximum Gasteiger partial charge on any atom is 1.00 e. The molecule has 0 aliphatic rings. The molecule has 17 heavy (non-hydrogen) atoms. The molecular formula is C11H10N3NaO2. The van der Waals surface area contributed by atoms with E-state index in [-0.39, 0.29) is 36.0 Å². The minimum Gasteiger partial charge on any atom is -0.550 e. The predicted molar refractivity (Wildman–Crippen MR) is 55.1 cm³/mol. The molecule has 2 aromatic heterocycles. The van der Waals surface area contributed by atoms with E-state index >= 15 is 0 Å². The van der Waals surface area contributed by atoms with Gasteiger partial charge in [-0.1, -0.05) is 0 Å². The Morgan fingerprint density at radius 2 is 2.29 bits per heavy atom. The summed E-state index contributed by atoms with van der Waals surface area (Å²) in [7, 11) is 0. The second-order valence-corrected chi connectivity index (χ2v) is 3.36. The molecule has 0 saturated carbocycles. The smallest absolute Gasteiger partial charge is 0.550 e. The van der Waals surface area contributed by atoms with Crippen LogP contribution in [0.3, 0.4) is 0 Å². The van der Waals surface area contributed by atoms with Crippen molar-refractivity contribution >= 4 is 5.97 Å². The third-order valence-electron chi connectivity index (χ3n) is 2.16. The van der Waals surface area contributed by atoms with Gasteiger partial charge < -0.3 is 14.5 Å². The normalized spacial score (nSPS) is 9.65. The number of rotatable bonds is 4. The molecule has 2 aromatic rings. The van der Waals surface area contributed by atoms with Gasteiger partial charge in [-0.3, -0.25) is 4.98 Å². The minimum atomic E-state index is -1.06. The van der Waals surface area contributed by atoms with Crippen LogP contribution in [0.15, 0.2) is 37.1 Å². The van der Waals surface area contributed by atoms with Crippen LogP contribution in [0, 0.1) is 0 Å². The van der Waals surface area contributed by atoms with Crippen LogP contribution < -0.4 is 34.7 Å². The number of carboxylic acid groups (broad SMARTS) is 1. The Labute approximate surface area is 121 Å². The van der Waals surface area contributed by atoms with Crippen molar-refractivity contribution in [3.8, 4) is 11.3 Å². The zero-order chi connectivity index (χ0) is 11.4. The largest absolute Gasteiger partial charge is 1.00 e. The standard InChI is InChI=1S/C11H11N3O2.Na/c15-11(16)3-5-14-7-10(13-8-14)9-2-1-4-12-6-9;/h1-2,4,6-8H,3,5H2,(H,15,16);/q;+1/p-1. The number of imidazole rings is 1. The second kappa shape index (κ2) is 6.54. The molecule has 0 bridgehead atoms. The van der Waals surface area contributed by atoms with E-state index in [2.05, 4.69) is 9.97 Å². The van der Waals surface area contributed by atoms with Gasteiger partial charge in [0.15, 0.2) is 0 Å². The van der Waals surface area contributed by atoms with Crippen LogP contribution in [-0.4, -0.2) is 20.5 Å². The van der Waals surface area contributed by atoms with Crippen molar-refractivity contribution in [2.75, 3.05) is 0 Å². The van der Waals surface area contributed by atoms with Crippen molar-refractivity contribution in [2.24, 2.45) is 0 Å². The van der Waals surface area contributed by atoms with Gasteiger partial charge in [-0.05, 0) is 12.1 Å². The second-order valence-electron chi connectivity index (χ2n) is 3.36. The third-order valence-corrected chi connectivity index (χ3v) is 2.16. The van der Waals surface area contributed by atoms with E-state index in [9.17, 15) is 9.90 Å². The fraction of sp³-hybridized carbons (Fsp3) is 0.182. The number of carbonyl (C=O) groups excluding carboxylic acids is 1. The van der Waals surface area contributed by atoms with Crippen molar-refractivity contribution in [1.29, 1.82) is 0 Å². The number of aliphatic carboxylic acids is 1. The van der Waals surface area contributed by atoms with Crippen LogP contribution in [0.1, 0.15) is 6.42 Å². The Bertz CT molecular complexity index is 484. The number of carbonyl (C=O) groups is 1. The SMILES string of the molecule is O=C([O-])CCn1cnc(-c2cccnc2)c1.[Na+]. The minimum absolute atomic E-state index is 0. The summed E-state index contributed by atoms with van der Waals surface area (Å²) < 4.78 is 1.72. The zero-order valence-electron chi connectivity index (χ0n) is 9.54. The van der Waals surface area contributed by atoms with Crippen molar-refractivity contribution in [1.82, 2.24) is 14.5 Å². The molecule has 0 aliphatic heterocycles. The van der Waals surface area contributed by atoms with Gasteiger partial charge in [0.05, 0.1) is 12.0 Å². The Morgan fingerprint density at radius 1 is 1.47 bits per heavy atom. The molecule has 2 rings (SSSR count). The van der Waals surface area contributed by atoms with Gasteiger partial charge in [0.2, 0.25) is 0 Å². The van der Waals surface area contributed by atoms with Crippen molar-refractivity contribution in [2.45, 2.75) is 13.0 Å². The Balaban J connectivity index is 0.00000144. The van der Waals surface area contributed by atoms with Crippen molar-refractivity contribution in [3.05, 3.63) is 37.1 Å². The van der Waals surface area contributed by atoms with Crippen LogP contribution >= 0.6 is 0 Å². The summed E-state index contributed by atoms with van der Waals surface area (Å²) in [5.41, 5.74) is 1.70. The summed E-state index contributed by atoms with van der Waals surface area (Å²) in [5.74, 6) is -1.06. The fourth-order valence-electron chi connectivity index (χ4n) is 1.37. The number of aryl methyl sites for hydroxylation is 1. The van der Waals surface area contributed by atoms with Crippen LogP contribution in [0.2, 0.25) is 0 Å². The molecular weight excluding hydrogens is 229 g/mol. The number of aromatic nitrogens is 3. The summed E-state index contributed by atoms with van der Waals surface area (Å²) in [6.45, 7) is 0.371. The summed E-state index contributed by atoms with van der Waals surface area (Å²) in [6, 6.07) is 3.73. The molecule has 0 aliphatic carbocycles. The van der Waals surface area contributed by atoms with E-state index in [0.29, 0.717) is 6.54 Å². The van der Waals surface area contributed by atoms with Gasteiger partial charge in [0, 0.05) is 43.1 Å². The predicted octanol–water partition coefficient (Wildman–Crippen LogP) is -2.91. The van der Waals surface area contributed by atoms with Gasteiger partial charge in [-0.2, -0.15) is 0 Å². The van der Waals surface area contributed by atoms with Gasteiger partial charge in [0.1, 0.15) is 0 Å². The zero-order valence-corrected chi connectivity index (χ0v) is 11.5. The maximum absolute atomic E-state index is 10.3. The van der Waals surface area contributed by atoms with E-state index in [1.807, 2.05) is 12.1 Å². The molecule has 5 nitrogen and oxygen atoms in total. The van der Waals surface area contributed by atoms with Gasteiger partial charge in [-0.15, -0.1) is 0 Å². The quantitative estimate of drug-likeness (QED) is 0.536. The van der Waals surface area contributed by atoms with Crippen LogP contribution in [0.25, 0.3) is 11.3 Å². The average Bonchev–Trinajstić information content (AvgIpc) is 2.76. The number of nitrogens with zero attached hydrogens (tertiary/aromatic N) is 3. The third kappa shape index (κ3) is 3.96. The topological polar surface area (TPSA) is 70.8 Å². The summed E-state index contributed by atoms with van der Waals surface area (Å²) in [6.07, 6.45) is 6.79. The molecule has 0 atom stereocenters. The molecule has 82 valence electrons. The van der Waals surface area contributed by atoms with Gasteiger partial charge in [0.25, 0.3) is 0 Å². The van der Waals surface area contributed by atoms with Crippen molar-refractivity contribution < 1.29 is 39.5 Å². The molecule has 6 heteroatoms. The first kappa shape index (κ1) is 13.9. The molecule has 0 spiro atoms. The molecule has 0 fully saturated rings. The monoisotopic (exact) mass is 239 g/mol. The number of hydrogen-bond donors (Lipinski definition) is 0. The summed E-state index contributed by atoms with van der Waals surface area (Å²) in [4.78, 5) is 18.5. The summed E-state index contributed by atoms with van der Waals surface area (Å²) >= 11 is 0. The first-order valence-electron chi connectivity index (χ1n) is 4.88. The average molecular weight is 239 g/mol. The van der Waals surface area contributed by atoms with Crippen LogP contribution in [0.5, 0.6) is 0 Å². The van der Waals surface area contributed by atoms with Crippen LogP contribution in [0.4, 0.5) is 0 Å². The molecule has 0 N–H and O–H groups in total. The van der Waals surface area contributed by atoms with Crippen molar-refractivity contribution in [3.63, 3.8) is 0 Å². The Kier molecular flexibility index (Phi) is 5.34. The Hall–Kier alpha value is -1.17. The molecule has 0 radical (unpaired) electrons. The number of pyridine rings is 1. The summed E-state index contributed by atoms with van der Waals surface area (Å²) in [5, 5.41) is 10.3. The molecule has 0 aromatic carbocycles. The van der Waals surface area contributed by atoms with Crippen LogP contribution in [-0.2, 0) is 11.3 Å². The van der Waals surface area contributed by atoms with Gasteiger partial charge in [-0.25, -0.2) is 4.98 Å². The van der Waals surface area contributed by atoms with E-state index in [4.69, 9.17) is 0 Å². The van der Waals surface area contributed by atoms with Gasteiger partial charge >= 0.3 is 29.6 Å². The molecule has 0 amide bonds. The van der Waals surface area contributed by atoms with E-state index in [0.717, 1.165) is 11.3 Å². The molecule has 0 unspecified atom stereocenters. The maximum atomic E-state index is 10.3. The Morgan fingerprint density at radius 3 is 2.94 bits per heavy atom. The van der Waals surface area contributed by atoms with E-state index in [1.165, 1.54) is 0 Å². The molecule has 2 heterocycles. The first-order valence-corrected chi connectivity index (χ1v) is 4.88. The number of hydrogen-bond acceptors (Lipinski definition) is 4. The fourth-order valence-corrected chi connectivity index (χ4v) is 1.37.